The molecule has 0 bridgehead atoms. The number of ether oxygens (including phenoxy) is 1. The van der Waals surface area contributed by atoms with E-state index in [9.17, 15) is 14.4 Å². The summed E-state index contributed by atoms with van der Waals surface area (Å²) < 4.78 is 6.20. The van der Waals surface area contributed by atoms with Crippen LogP contribution in [0, 0.1) is 0 Å². The number of hydrogen-bond donors (Lipinski definition) is 0. The van der Waals surface area contributed by atoms with Crippen LogP contribution in [0.2, 0.25) is 0 Å². The minimum atomic E-state index is -0.510. The van der Waals surface area contributed by atoms with Gasteiger partial charge in [-0.3, -0.25) is 19.2 Å². The molecule has 2 amide bonds. The average molecular weight is 345 g/mol. The fourth-order valence-corrected chi connectivity index (χ4v) is 2.37. The molecule has 10 nitrogen and oxygen atoms in total. The zero-order valence-corrected chi connectivity index (χ0v) is 13.4. The molecule has 1 aromatic heterocycles. The van der Waals surface area contributed by atoms with Gasteiger partial charge in [0.1, 0.15) is 6.42 Å². The SMILES string of the molecule is CCOC(=O)Cc1nnnn1CCON1C(=O)c2ccccc2C1=O. The number of benzene rings is 1. The molecule has 0 saturated carbocycles. The number of aromatic nitrogens is 4. The van der Waals surface area contributed by atoms with Crippen LogP contribution in [0.5, 0.6) is 0 Å². The number of nitrogens with zero attached hydrogens (tertiary/aromatic N) is 5. The van der Waals surface area contributed by atoms with Gasteiger partial charge in [0.25, 0.3) is 11.8 Å². The lowest BCUT2D eigenvalue weighted by molar-refractivity contribution is -0.142. The summed E-state index contributed by atoms with van der Waals surface area (Å²) >= 11 is 0. The van der Waals surface area contributed by atoms with Crippen molar-refractivity contribution in [3.8, 4) is 0 Å². The van der Waals surface area contributed by atoms with E-state index in [2.05, 4.69) is 15.5 Å². The number of rotatable bonds is 7. The van der Waals surface area contributed by atoms with Gasteiger partial charge in [0.2, 0.25) is 0 Å². The van der Waals surface area contributed by atoms with E-state index in [0.717, 1.165) is 5.06 Å². The lowest BCUT2D eigenvalue weighted by atomic mass is 10.1. The summed E-state index contributed by atoms with van der Waals surface area (Å²) in [7, 11) is 0. The van der Waals surface area contributed by atoms with Gasteiger partial charge in [-0.25, -0.2) is 4.68 Å². The fraction of sp³-hybridized carbons (Fsp3) is 0.333. The largest absolute Gasteiger partial charge is 0.466 e. The summed E-state index contributed by atoms with van der Waals surface area (Å²) in [5.74, 6) is -1.16. The fourth-order valence-electron chi connectivity index (χ4n) is 2.37. The quantitative estimate of drug-likeness (QED) is 0.509. The number of esters is 1. The standard InChI is InChI=1S/C15H15N5O5/c1-2-24-13(21)9-12-16-17-18-19(12)7-8-25-20-14(22)10-5-3-4-6-11(10)15(20)23/h3-6H,2,7-9H2,1H3. The molecular formula is C15H15N5O5. The van der Waals surface area contributed by atoms with E-state index < -0.39 is 17.8 Å². The van der Waals surface area contributed by atoms with Crippen LogP contribution in [0.4, 0.5) is 0 Å². The van der Waals surface area contributed by atoms with Gasteiger partial charge in [0.15, 0.2) is 5.82 Å². The van der Waals surface area contributed by atoms with Crippen molar-refractivity contribution in [3.05, 3.63) is 41.2 Å². The zero-order valence-electron chi connectivity index (χ0n) is 13.4. The Bertz CT molecular complexity index is 783. The van der Waals surface area contributed by atoms with Gasteiger partial charge in [-0.15, -0.1) is 10.2 Å². The Hall–Kier alpha value is -3.14. The molecular weight excluding hydrogens is 330 g/mol. The second kappa shape index (κ2) is 7.18. The predicted octanol–water partition coefficient (Wildman–Crippen LogP) is 0.00650. The summed E-state index contributed by atoms with van der Waals surface area (Å²) in [6.07, 6.45) is -0.0755. The number of fused-ring (bicyclic) bond motifs is 1. The summed E-state index contributed by atoms with van der Waals surface area (Å²) in [6, 6.07) is 6.49. The second-order valence-electron chi connectivity index (χ2n) is 5.08. The molecule has 0 radical (unpaired) electrons. The van der Waals surface area contributed by atoms with Gasteiger partial charge < -0.3 is 4.74 Å². The molecule has 10 heteroatoms. The minimum absolute atomic E-state index is 0.0215. The van der Waals surface area contributed by atoms with E-state index >= 15 is 0 Å². The number of hydroxylamine groups is 2. The first-order valence-corrected chi connectivity index (χ1v) is 7.63. The van der Waals surface area contributed by atoms with Crippen molar-refractivity contribution in [3.63, 3.8) is 0 Å². The van der Waals surface area contributed by atoms with Crippen molar-refractivity contribution in [2.24, 2.45) is 0 Å². The summed E-state index contributed by atoms with van der Waals surface area (Å²) in [4.78, 5) is 41.1. The molecule has 0 N–H and O–H groups in total. The Labute approximate surface area is 142 Å². The highest BCUT2D eigenvalue weighted by Crippen LogP contribution is 2.22. The van der Waals surface area contributed by atoms with Gasteiger partial charge >= 0.3 is 5.97 Å². The number of carbonyl (C=O) groups excluding carboxylic acids is 3. The van der Waals surface area contributed by atoms with Gasteiger partial charge in [0.05, 0.1) is 30.9 Å². The zero-order chi connectivity index (χ0) is 17.8. The van der Waals surface area contributed by atoms with E-state index in [1.54, 1.807) is 31.2 Å². The summed E-state index contributed by atoms with van der Waals surface area (Å²) in [5, 5.41) is 11.7. The molecule has 2 heterocycles. The van der Waals surface area contributed by atoms with Crippen molar-refractivity contribution >= 4 is 17.8 Å². The number of imide groups is 1. The van der Waals surface area contributed by atoms with Gasteiger partial charge in [-0.2, -0.15) is 0 Å². The van der Waals surface area contributed by atoms with E-state index in [-0.39, 0.29) is 26.2 Å². The van der Waals surface area contributed by atoms with Crippen molar-refractivity contribution in [1.82, 2.24) is 25.3 Å². The van der Waals surface area contributed by atoms with Crippen molar-refractivity contribution in [2.75, 3.05) is 13.2 Å². The highest BCUT2D eigenvalue weighted by atomic mass is 16.7. The molecule has 1 aliphatic rings. The molecule has 1 aliphatic heterocycles. The molecule has 2 aromatic rings. The Morgan fingerprint density at radius 3 is 2.48 bits per heavy atom. The molecule has 0 atom stereocenters. The Balaban J connectivity index is 1.58. The Kier molecular flexibility index (Phi) is 4.80. The highest BCUT2D eigenvalue weighted by molar-refractivity contribution is 6.20. The third-order valence-corrected chi connectivity index (χ3v) is 3.49. The molecule has 0 unspecified atom stereocenters. The van der Waals surface area contributed by atoms with Crippen LogP contribution in [0.25, 0.3) is 0 Å². The number of tetrazole rings is 1. The van der Waals surface area contributed by atoms with E-state index in [1.165, 1.54) is 4.68 Å². The first-order valence-electron chi connectivity index (χ1n) is 7.63. The van der Waals surface area contributed by atoms with Crippen molar-refractivity contribution in [1.29, 1.82) is 0 Å². The lowest BCUT2D eigenvalue weighted by Gasteiger charge is -2.13. The molecule has 0 spiro atoms. The topological polar surface area (TPSA) is 117 Å². The Morgan fingerprint density at radius 2 is 1.84 bits per heavy atom. The van der Waals surface area contributed by atoms with Crippen LogP contribution < -0.4 is 0 Å². The molecule has 130 valence electrons. The molecule has 0 saturated heterocycles. The number of carbonyl (C=O) groups is 3. The van der Waals surface area contributed by atoms with Crippen LogP contribution in [0.1, 0.15) is 33.5 Å². The predicted molar refractivity (Wildman–Crippen MR) is 81.0 cm³/mol. The first-order chi connectivity index (χ1) is 12.1. The maximum Gasteiger partial charge on any atom is 0.313 e. The van der Waals surface area contributed by atoms with Crippen LogP contribution >= 0.6 is 0 Å². The molecule has 25 heavy (non-hydrogen) atoms. The van der Waals surface area contributed by atoms with E-state index in [0.29, 0.717) is 17.0 Å². The summed E-state index contributed by atoms with van der Waals surface area (Å²) in [5.41, 5.74) is 0.607. The van der Waals surface area contributed by atoms with Crippen molar-refractivity contribution < 1.29 is 24.0 Å². The van der Waals surface area contributed by atoms with Crippen LogP contribution in [-0.2, 0) is 27.3 Å². The number of hydrogen-bond acceptors (Lipinski definition) is 8. The third-order valence-electron chi connectivity index (χ3n) is 3.49. The third kappa shape index (κ3) is 3.38. The molecule has 3 rings (SSSR count). The normalized spacial score (nSPS) is 13.2. The highest BCUT2D eigenvalue weighted by Gasteiger charge is 2.36. The Morgan fingerprint density at radius 1 is 1.16 bits per heavy atom. The van der Waals surface area contributed by atoms with Crippen LogP contribution in [0.3, 0.4) is 0 Å². The van der Waals surface area contributed by atoms with Gasteiger partial charge in [-0.05, 0) is 29.5 Å². The van der Waals surface area contributed by atoms with Crippen LogP contribution in [0.15, 0.2) is 24.3 Å². The maximum absolute atomic E-state index is 12.2. The van der Waals surface area contributed by atoms with Crippen molar-refractivity contribution in [2.45, 2.75) is 19.9 Å². The lowest BCUT2D eigenvalue weighted by Crippen LogP contribution is -2.31. The first kappa shape index (κ1) is 16.7. The average Bonchev–Trinajstić information content (AvgIpc) is 3.13. The molecule has 0 fully saturated rings. The van der Waals surface area contributed by atoms with Gasteiger partial charge in [-0.1, -0.05) is 12.1 Å². The minimum Gasteiger partial charge on any atom is -0.466 e. The number of amides is 2. The van der Waals surface area contributed by atoms with E-state index in [4.69, 9.17) is 9.57 Å². The second-order valence-corrected chi connectivity index (χ2v) is 5.08. The van der Waals surface area contributed by atoms with E-state index in [1.807, 2.05) is 0 Å². The van der Waals surface area contributed by atoms with Crippen LogP contribution in [-0.4, -0.2) is 56.3 Å². The van der Waals surface area contributed by atoms with Gasteiger partial charge in [0, 0.05) is 0 Å². The maximum atomic E-state index is 12.2. The monoisotopic (exact) mass is 345 g/mol. The summed E-state index contributed by atoms with van der Waals surface area (Å²) in [6.45, 7) is 2.11. The molecule has 0 aliphatic carbocycles. The molecule has 1 aromatic carbocycles. The smallest absolute Gasteiger partial charge is 0.313 e.